The molecular weight excluding hydrogens is 382 g/mol. The molecule has 6 nitrogen and oxygen atoms in total. The number of allylic oxidation sites excluding steroid dienone is 1. The Kier molecular flexibility index (Phi) is 6.84. The molecule has 0 aliphatic carbocycles. The molecule has 8 heteroatoms. The minimum Gasteiger partial charge on any atom is -0.380 e. The highest BCUT2D eigenvalue weighted by Crippen LogP contribution is 2.52. The Morgan fingerprint density at radius 2 is 2.07 bits per heavy atom. The van der Waals surface area contributed by atoms with Crippen LogP contribution in [0.2, 0.25) is 0 Å². The van der Waals surface area contributed by atoms with Gasteiger partial charge in [0, 0.05) is 37.7 Å². The number of sulfone groups is 1. The van der Waals surface area contributed by atoms with Crippen molar-refractivity contribution in [3.63, 3.8) is 0 Å². The van der Waals surface area contributed by atoms with Crippen molar-refractivity contribution < 1.29 is 13.2 Å². The van der Waals surface area contributed by atoms with E-state index in [0.29, 0.717) is 23.7 Å². The number of nitrogens with one attached hydrogen (secondary N) is 3. The van der Waals surface area contributed by atoms with Gasteiger partial charge in [-0.1, -0.05) is 0 Å². The van der Waals surface area contributed by atoms with Crippen molar-refractivity contribution in [1.29, 1.82) is 0 Å². The monoisotopic (exact) mass is 419 g/mol. The van der Waals surface area contributed by atoms with Crippen LogP contribution < -0.4 is 16.0 Å². The molecule has 3 rings (SSSR count). The van der Waals surface area contributed by atoms with Crippen molar-refractivity contribution in [3.05, 3.63) is 11.1 Å². The lowest BCUT2D eigenvalue weighted by Gasteiger charge is -2.43. The Morgan fingerprint density at radius 1 is 1.30 bits per heavy atom. The van der Waals surface area contributed by atoms with Gasteiger partial charge in [-0.15, -0.1) is 0 Å². The molecule has 0 amide bonds. The Morgan fingerprint density at radius 3 is 2.63 bits per heavy atom. The molecule has 2 saturated heterocycles. The van der Waals surface area contributed by atoms with E-state index in [9.17, 15) is 8.42 Å². The first-order chi connectivity index (χ1) is 12.7. The SMILES string of the molecule is COC1CCC(NCC2CCCS2(C)C)NC1C1CC=C(S(C)(=O)=O)NC1. The highest BCUT2D eigenvalue weighted by molar-refractivity contribution is 8.33. The standard InChI is InChI=1S/C19H37N3O3S2/c1-25-16-8-9-17(20-13-15-6-5-11-26(15,2)3)22-19(16)14-7-10-18(21-12-14)27(4,23)24/h10,14-17,19-22H,5-9,11-13H2,1-4H3. The molecule has 0 aromatic heterocycles. The highest BCUT2D eigenvalue weighted by atomic mass is 32.3. The third-order valence-corrected chi connectivity index (χ3v) is 11.2. The highest BCUT2D eigenvalue weighted by Gasteiger charge is 2.37. The van der Waals surface area contributed by atoms with Crippen LogP contribution in [0.5, 0.6) is 0 Å². The van der Waals surface area contributed by atoms with Crippen molar-refractivity contribution in [2.45, 2.75) is 55.7 Å². The van der Waals surface area contributed by atoms with E-state index in [2.05, 4.69) is 28.5 Å². The van der Waals surface area contributed by atoms with Crippen molar-refractivity contribution in [3.8, 4) is 0 Å². The molecule has 2 fully saturated rings. The molecule has 0 saturated carbocycles. The molecule has 0 aromatic rings. The number of hydrogen-bond donors (Lipinski definition) is 3. The summed E-state index contributed by atoms with van der Waals surface area (Å²) in [4.78, 5) is 0. The molecule has 0 spiro atoms. The van der Waals surface area contributed by atoms with E-state index in [1.54, 1.807) is 7.11 Å². The van der Waals surface area contributed by atoms with E-state index in [-0.39, 0.29) is 12.1 Å². The van der Waals surface area contributed by atoms with Crippen LogP contribution in [0.3, 0.4) is 0 Å². The van der Waals surface area contributed by atoms with Crippen molar-refractivity contribution in [2.75, 3.05) is 44.7 Å². The Bertz CT molecular complexity index is 651. The fourth-order valence-electron chi connectivity index (χ4n) is 4.77. The van der Waals surface area contributed by atoms with Gasteiger partial charge in [-0.25, -0.2) is 18.4 Å². The maximum atomic E-state index is 11.7. The molecule has 27 heavy (non-hydrogen) atoms. The summed E-state index contributed by atoms with van der Waals surface area (Å²) in [6.07, 6.45) is 14.1. The van der Waals surface area contributed by atoms with Gasteiger partial charge in [0.05, 0.1) is 12.3 Å². The van der Waals surface area contributed by atoms with Gasteiger partial charge in [-0.3, -0.25) is 5.32 Å². The molecule has 3 aliphatic rings. The maximum absolute atomic E-state index is 11.7. The zero-order valence-electron chi connectivity index (χ0n) is 17.2. The maximum Gasteiger partial charge on any atom is 0.190 e. The second kappa shape index (κ2) is 8.61. The van der Waals surface area contributed by atoms with Gasteiger partial charge >= 0.3 is 0 Å². The van der Waals surface area contributed by atoms with Crippen LogP contribution in [-0.2, 0) is 14.6 Å². The smallest absolute Gasteiger partial charge is 0.190 e. The fraction of sp³-hybridized carbons (Fsp3) is 0.895. The summed E-state index contributed by atoms with van der Waals surface area (Å²) in [5.41, 5.74) is 0. The normalized spacial score (nSPS) is 38.1. The molecule has 5 atom stereocenters. The molecule has 0 radical (unpaired) electrons. The summed E-state index contributed by atoms with van der Waals surface area (Å²) < 4.78 is 29.2. The summed E-state index contributed by atoms with van der Waals surface area (Å²) in [6, 6.07) is 0.232. The molecule has 158 valence electrons. The van der Waals surface area contributed by atoms with Crippen molar-refractivity contribution in [2.24, 2.45) is 5.92 Å². The summed E-state index contributed by atoms with van der Waals surface area (Å²) in [7, 11) is -1.81. The Labute approximate surface area is 166 Å². The number of piperidine rings is 1. The van der Waals surface area contributed by atoms with Crippen LogP contribution in [0.25, 0.3) is 0 Å². The zero-order valence-corrected chi connectivity index (χ0v) is 18.8. The van der Waals surface area contributed by atoms with E-state index in [1.165, 1.54) is 24.9 Å². The van der Waals surface area contributed by atoms with Gasteiger partial charge in [0.25, 0.3) is 0 Å². The molecular formula is C19H37N3O3S2. The third-order valence-electron chi connectivity index (χ3n) is 6.58. The lowest BCUT2D eigenvalue weighted by atomic mass is 9.85. The second-order valence-corrected chi connectivity index (χ2v) is 15.1. The van der Waals surface area contributed by atoms with Crippen LogP contribution in [0.4, 0.5) is 0 Å². The molecule has 0 bridgehead atoms. The zero-order chi connectivity index (χ0) is 19.7. The van der Waals surface area contributed by atoms with Gasteiger partial charge in [0.15, 0.2) is 9.84 Å². The average Bonchev–Trinajstić information content (AvgIpc) is 2.97. The minimum atomic E-state index is -3.15. The number of rotatable bonds is 6. The number of hydrogen-bond acceptors (Lipinski definition) is 6. The average molecular weight is 420 g/mol. The van der Waals surface area contributed by atoms with Gasteiger partial charge in [0.2, 0.25) is 0 Å². The lowest BCUT2D eigenvalue weighted by Crippen LogP contribution is -2.61. The van der Waals surface area contributed by atoms with Gasteiger partial charge in [-0.05, 0) is 62.4 Å². The van der Waals surface area contributed by atoms with E-state index >= 15 is 0 Å². The van der Waals surface area contributed by atoms with Gasteiger partial charge in [-0.2, -0.15) is 0 Å². The van der Waals surface area contributed by atoms with E-state index in [1.807, 2.05) is 6.08 Å². The van der Waals surface area contributed by atoms with Crippen molar-refractivity contribution in [1.82, 2.24) is 16.0 Å². The number of ether oxygens (including phenoxy) is 1. The lowest BCUT2D eigenvalue weighted by molar-refractivity contribution is 0.00891. The molecule has 3 aliphatic heterocycles. The first-order valence-electron chi connectivity index (χ1n) is 10.1. The van der Waals surface area contributed by atoms with Gasteiger partial charge in [0.1, 0.15) is 5.03 Å². The first-order valence-corrected chi connectivity index (χ1v) is 14.6. The van der Waals surface area contributed by atoms with Crippen LogP contribution in [0.1, 0.15) is 32.1 Å². The molecule has 3 N–H and O–H groups in total. The summed E-state index contributed by atoms with van der Waals surface area (Å²) in [5.74, 6) is 1.74. The largest absolute Gasteiger partial charge is 0.380 e. The summed E-state index contributed by atoms with van der Waals surface area (Å²) in [5, 5.41) is 11.9. The number of methoxy groups -OCH3 is 1. The molecule has 3 heterocycles. The predicted molar refractivity (Wildman–Crippen MR) is 115 cm³/mol. The van der Waals surface area contributed by atoms with E-state index in [0.717, 1.165) is 31.1 Å². The first kappa shape index (κ1) is 21.4. The quantitative estimate of drug-likeness (QED) is 0.604. The van der Waals surface area contributed by atoms with Crippen LogP contribution in [0, 0.1) is 5.92 Å². The minimum absolute atomic E-state index is 0.177. The summed E-state index contributed by atoms with van der Waals surface area (Å²) >= 11 is 0. The third kappa shape index (κ3) is 5.21. The van der Waals surface area contributed by atoms with Crippen LogP contribution in [-0.4, -0.2) is 76.7 Å². The van der Waals surface area contributed by atoms with E-state index in [4.69, 9.17) is 4.74 Å². The Balaban J connectivity index is 1.58. The predicted octanol–water partition coefficient (Wildman–Crippen LogP) is 1.39. The molecule has 5 unspecified atom stereocenters. The van der Waals surface area contributed by atoms with E-state index < -0.39 is 19.9 Å². The fourth-order valence-corrected chi connectivity index (χ4v) is 8.11. The molecule has 0 aromatic carbocycles. The van der Waals surface area contributed by atoms with Gasteiger partial charge < -0.3 is 15.4 Å². The van der Waals surface area contributed by atoms with Crippen LogP contribution >= 0.6 is 10.0 Å². The second-order valence-electron chi connectivity index (χ2n) is 8.81. The summed E-state index contributed by atoms with van der Waals surface area (Å²) in [6.45, 7) is 1.77. The Hall–Kier alpha value is -0.280. The topological polar surface area (TPSA) is 79.5 Å². The van der Waals surface area contributed by atoms with Crippen LogP contribution in [0.15, 0.2) is 11.1 Å². The van der Waals surface area contributed by atoms with Crippen molar-refractivity contribution >= 4 is 19.9 Å².